The van der Waals surface area contributed by atoms with Crippen molar-refractivity contribution >= 4 is 16.9 Å². The number of rotatable bonds is 0. The molecule has 1 aliphatic rings. The van der Waals surface area contributed by atoms with Crippen molar-refractivity contribution in [3.05, 3.63) is 52.4 Å². The van der Waals surface area contributed by atoms with Gasteiger partial charge in [0.15, 0.2) is 0 Å². The fourth-order valence-corrected chi connectivity index (χ4v) is 3.11. The second-order valence-corrected chi connectivity index (χ2v) is 4.60. The first-order valence-corrected chi connectivity index (χ1v) is 5.97. The Labute approximate surface area is 103 Å². The van der Waals surface area contributed by atoms with E-state index in [1.807, 2.05) is 47.9 Å². The van der Waals surface area contributed by atoms with Gasteiger partial charge in [0, 0.05) is 21.6 Å². The van der Waals surface area contributed by atoms with Crippen molar-refractivity contribution in [2.45, 2.75) is 0 Å². The normalized spacial score (nSPS) is 11.3. The van der Waals surface area contributed by atoms with Crippen LogP contribution >= 0.6 is 11.3 Å². The van der Waals surface area contributed by atoms with Crippen LogP contribution in [-0.4, -0.2) is 0 Å². The monoisotopic (exact) mass is 234 g/mol. The Morgan fingerprint density at radius 3 is 2.35 bits per heavy atom. The largest absolute Gasteiger partial charge is 0.192 e. The summed E-state index contributed by atoms with van der Waals surface area (Å²) in [6.07, 6.45) is 0. The second-order valence-electron chi connectivity index (χ2n) is 3.68. The van der Waals surface area contributed by atoms with E-state index in [4.69, 9.17) is 10.5 Å². The van der Waals surface area contributed by atoms with Crippen LogP contribution in [0.15, 0.2) is 41.3 Å². The first kappa shape index (κ1) is 9.84. The molecule has 2 aromatic rings. The summed E-state index contributed by atoms with van der Waals surface area (Å²) in [6.45, 7) is 0. The zero-order valence-electron chi connectivity index (χ0n) is 8.77. The van der Waals surface area contributed by atoms with Gasteiger partial charge in [-0.05, 0) is 17.0 Å². The van der Waals surface area contributed by atoms with Gasteiger partial charge in [0.25, 0.3) is 0 Å². The molecule has 0 amide bonds. The topological polar surface area (TPSA) is 47.6 Å². The van der Waals surface area contributed by atoms with E-state index in [0.29, 0.717) is 0 Å². The minimum atomic E-state index is 0.189. The smallest absolute Gasteiger partial charge is 0.138 e. The summed E-state index contributed by atoms with van der Waals surface area (Å²) < 4.78 is 0. The number of thiophene rings is 1. The Morgan fingerprint density at radius 2 is 1.65 bits per heavy atom. The molecule has 2 nitrogen and oxygen atoms in total. The molecular weight excluding hydrogens is 228 g/mol. The summed E-state index contributed by atoms with van der Waals surface area (Å²) in [7, 11) is 0. The van der Waals surface area contributed by atoms with E-state index < -0.39 is 0 Å². The third kappa shape index (κ3) is 1.24. The van der Waals surface area contributed by atoms with Crippen LogP contribution in [0.5, 0.6) is 0 Å². The molecule has 0 spiro atoms. The summed E-state index contributed by atoms with van der Waals surface area (Å²) >= 11 is 1.64. The highest BCUT2D eigenvalue weighted by Crippen LogP contribution is 2.48. The SMILES string of the molecule is N#CC(C#N)=C1c2ccccc2-c2sccc21. The Hall–Kier alpha value is -2.36. The molecule has 0 N–H and O–H groups in total. The number of fused-ring (bicyclic) bond motifs is 3. The van der Waals surface area contributed by atoms with Crippen molar-refractivity contribution in [3.63, 3.8) is 0 Å². The average Bonchev–Trinajstić information content (AvgIpc) is 2.93. The lowest BCUT2D eigenvalue weighted by molar-refractivity contribution is 1.46. The third-order valence-electron chi connectivity index (χ3n) is 2.85. The van der Waals surface area contributed by atoms with Crippen LogP contribution in [0, 0.1) is 22.7 Å². The summed E-state index contributed by atoms with van der Waals surface area (Å²) in [5.41, 5.74) is 4.09. The summed E-state index contributed by atoms with van der Waals surface area (Å²) in [6, 6.07) is 13.9. The van der Waals surface area contributed by atoms with Gasteiger partial charge in [0.05, 0.1) is 0 Å². The average molecular weight is 234 g/mol. The Morgan fingerprint density at radius 1 is 0.941 bits per heavy atom. The molecule has 1 aliphatic carbocycles. The predicted octanol–water partition coefficient (Wildman–Crippen LogP) is 3.58. The fraction of sp³-hybridized carbons (Fsp3) is 0. The highest BCUT2D eigenvalue weighted by atomic mass is 32.1. The van der Waals surface area contributed by atoms with E-state index in [9.17, 15) is 0 Å². The molecule has 3 rings (SSSR count). The number of nitrogens with zero attached hydrogens (tertiary/aromatic N) is 2. The van der Waals surface area contributed by atoms with E-state index in [2.05, 4.69) is 0 Å². The van der Waals surface area contributed by atoms with Gasteiger partial charge in [-0.3, -0.25) is 0 Å². The lowest BCUT2D eigenvalue weighted by atomic mass is 10.00. The van der Waals surface area contributed by atoms with Crippen LogP contribution in [-0.2, 0) is 0 Å². The third-order valence-corrected chi connectivity index (χ3v) is 3.80. The molecule has 0 radical (unpaired) electrons. The van der Waals surface area contributed by atoms with Crippen LogP contribution in [0.1, 0.15) is 11.1 Å². The predicted molar refractivity (Wildman–Crippen MR) is 67.0 cm³/mol. The molecule has 78 valence electrons. The van der Waals surface area contributed by atoms with E-state index in [1.54, 1.807) is 11.3 Å². The lowest BCUT2D eigenvalue weighted by Gasteiger charge is -2.00. The van der Waals surface area contributed by atoms with Crippen molar-refractivity contribution in [2.24, 2.45) is 0 Å². The van der Waals surface area contributed by atoms with Crippen molar-refractivity contribution in [3.8, 4) is 22.6 Å². The van der Waals surface area contributed by atoms with Crippen molar-refractivity contribution in [1.82, 2.24) is 0 Å². The van der Waals surface area contributed by atoms with Gasteiger partial charge < -0.3 is 0 Å². The minimum Gasteiger partial charge on any atom is -0.192 e. The number of hydrogen-bond donors (Lipinski definition) is 0. The summed E-state index contributed by atoms with van der Waals surface area (Å²) in [4.78, 5) is 1.15. The zero-order valence-corrected chi connectivity index (χ0v) is 9.58. The summed E-state index contributed by atoms with van der Waals surface area (Å²) in [5, 5.41) is 20.1. The molecule has 0 atom stereocenters. The number of hydrogen-bond acceptors (Lipinski definition) is 3. The number of nitriles is 2. The number of allylic oxidation sites excluding steroid dienone is 1. The minimum absolute atomic E-state index is 0.189. The molecule has 17 heavy (non-hydrogen) atoms. The van der Waals surface area contributed by atoms with Crippen LogP contribution < -0.4 is 0 Å². The van der Waals surface area contributed by atoms with Crippen molar-refractivity contribution in [1.29, 1.82) is 10.5 Å². The Balaban J connectivity index is 2.46. The lowest BCUT2D eigenvalue weighted by Crippen LogP contribution is -1.85. The molecular formula is C14H6N2S. The van der Waals surface area contributed by atoms with E-state index in [1.165, 1.54) is 0 Å². The van der Waals surface area contributed by atoms with Gasteiger partial charge in [-0.1, -0.05) is 24.3 Å². The van der Waals surface area contributed by atoms with E-state index in [0.717, 1.165) is 27.1 Å². The van der Waals surface area contributed by atoms with Crippen LogP contribution in [0.2, 0.25) is 0 Å². The van der Waals surface area contributed by atoms with E-state index in [-0.39, 0.29) is 5.57 Å². The highest BCUT2D eigenvalue weighted by molar-refractivity contribution is 7.14. The molecule has 0 saturated carbocycles. The molecule has 3 heteroatoms. The maximum atomic E-state index is 9.05. The van der Waals surface area contributed by atoms with Crippen LogP contribution in [0.3, 0.4) is 0 Å². The van der Waals surface area contributed by atoms with Crippen LogP contribution in [0.25, 0.3) is 16.0 Å². The Bertz CT molecular complexity index is 707. The second kappa shape index (κ2) is 3.59. The van der Waals surface area contributed by atoms with Crippen molar-refractivity contribution in [2.75, 3.05) is 0 Å². The molecule has 0 saturated heterocycles. The highest BCUT2D eigenvalue weighted by Gasteiger charge is 2.26. The molecule has 0 unspecified atom stereocenters. The van der Waals surface area contributed by atoms with Gasteiger partial charge >= 0.3 is 0 Å². The first-order chi connectivity index (χ1) is 8.36. The van der Waals surface area contributed by atoms with Gasteiger partial charge in [-0.2, -0.15) is 10.5 Å². The first-order valence-electron chi connectivity index (χ1n) is 5.09. The Kier molecular flexibility index (Phi) is 2.08. The van der Waals surface area contributed by atoms with Crippen molar-refractivity contribution < 1.29 is 0 Å². The van der Waals surface area contributed by atoms with Gasteiger partial charge in [0.1, 0.15) is 17.7 Å². The van der Waals surface area contributed by atoms with Crippen LogP contribution in [0.4, 0.5) is 0 Å². The zero-order chi connectivity index (χ0) is 11.8. The molecule has 0 fully saturated rings. The molecule has 1 aromatic heterocycles. The molecule has 1 heterocycles. The molecule has 0 bridgehead atoms. The molecule has 1 aromatic carbocycles. The van der Waals surface area contributed by atoms with Gasteiger partial charge in [0.2, 0.25) is 0 Å². The maximum Gasteiger partial charge on any atom is 0.138 e. The fourth-order valence-electron chi connectivity index (χ4n) is 2.17. The number of benzene rings is 1. The summed E-state index contributed by atoms with van der Waals surface area (Å²) in [5.74, 6) is 0. The van der Waals surface area contributed by atoms with Gasteiger partial charge in [-0.25, -0.2) is 0 Å². The molecule has 0 aliphatic heterocycles. The quantitative estimate of drug-likeness (QED) is 0.558. The maximum absolute atomic E-state index is 9.05. The van der Waals surface area contributed by atoms with Gasteiger partial charge in [-0.15, -0.1) is 11.3 Å². The standard InChI is InChI=1S/C14H6N2S/c15-7-9(8-16)13-10-3-1-2-4-11(10)14-12(13)5-6-17-14/h1-6H. The van der Waals surface area contributed by atoms with E-state index >= 15 is 0 Å².